The van der Waals surface area contributed by atoms with Crippen molar-refractivity contribution in [1.29, 1.82) is 0 Å². The van der Waals surface area contributed by atoms with Crippen LogP contribution in [0, 0.1) is 5.41 Å². The monoisotopic (exact) mass is 415 g/mol. The van der Waals surface area contributed by atoms with E-state index >= 15 is 0 Å². The molecular weight excluding hydrogens is 390 g/mol. The summed E-state index contributed by atoms with van der Waals surface area (Å²) >= 11 is 0. The average Bonchev–Trinajstić information content (AvgIpc) is 2.64. The van der Waals surface area contributed by atoms with E-state index in [0.29, 0.717) is 23.3 Å². The van der Waals surface area contributed by atoms with Crippen molar-refractivity contribution in [2.75, 3.05) is 13.2 Å². The Bertz CT molecular complexity index is 958. The van der Waals surface area contributed by atoms with Crippen molar-refractivity contribution in [1.82, 2.24) is 0 Å². The molecule has 1 aliphatic carbocycles. The van der Waals surface area contributed by atoms with Crippen molar-refractivity contribution in [3.63, 3.8) is 0 Å². The zero-order valence-corrected chi connectivity index (χ0v) is 17.2. The quantitative estimate of drug-likeness (QED) is 0.679. The van der Waals surface area contributed by atoms with Crippen molar-refractivity contribution in [3.8, 4) is 5.75 Å². The smallest absolute Gasteiger partial charge is 0.341 e. The fraction of sp³-hybridized carbons (Fsp3) is 0.409. The van der Waals surface area contributed by atoms with E-state index in [1.807, 2.05) is 13.8 Å². The highest BCUT2D eigenvalue weighted by atomic mass is 16.5. The number of ether oxygens (including phenoxy) is 3. The number of rotatable bonds is 6. The molecule has 0 amide bonds. The van der Waals surface area contributed by atoms with Crippen LogP contribution in [0.15, 0.2) is 47.1 Å². The first-order valence-corrected chi connectivity index (χ1v) is 9.69. The second kappa shape index (κ2) is 8.22. The second-order valence-electron chi connectivity index (χ2n) is 8.03. The molecule has 0 bridgehead atoms. The standard InChI is InChI=1S/C22H25NO7/c1-4-28-21(27)19-17(12-7-5-6-8-14(12)29-11-16(25)26)18-13(24)9-22(2,3)10-15(18)30-20(19)23/h5-8,17H,4,9-11,23H2,1-3H3,(H,25,26). The summed E-state index contributed by atoms with van der Waals surface area (Å²) < 4.78 is 16.4. The molecule has 1 aromatic carbocycles. The summed E-state index contributed by atoms with van der Waals surface area (Å²) in [6.07, 6.45) is 0.749. The third-order valence-corrected chi connectivity index (χ3v) is 5.03. The van der Waals surface area contributed by atoms with Crippen LogP contribution >= 0.6 is 0 Å². The molecule has 1 aromatic rings. The predicted molar refractivity (Wildman–Crippen MR) is 106 cm³/mol. The largest absolute Gasteiger partial charge is 0.482 e. The molecule has 0 radical (unpaired) electrons. The van der Waals surface area contributed by atoms with E-state index < -0.39 is 24.5 Å². The molecular formula is C22H25NO7. The van der Waals surface area contributed by atoms with Crippen LogP contribution in [-0.2, 0) is 23.9 Å². The van der Waals surface area contributed by atoms with E-state index in [1.165, 1.54) is 0 Å². The van der Waals surface area contributed by atoms with Gasteiger partial charge in [0.1, 0.15) is 17.1 Å². The Morgan fingerprint density at radius 1 is 1.27 bits per heavy atom. The Hall–Kier alpha value is -3.29. The van der Waals surface area contributed by atoms with Crippen molar-refractivity contribution < 1.29 is 33.7 Å². The van der Waals surface area contributed by atoms with Crippen LogP contribution in [-0.4, -0.2) is 36.0 Å². The van der Waals surface area contributed by atoms with E-state index in [0.717, 1.165) is 0 Å². The summed E-state index contributed by atoms with van der Waals surface area (Å²) in [6, 6.07) is 6.66. The number of carbonyl (C=O) groups is 3. The van der Waals surface area contributed by atoms with E-state index in [2.05, 4.69) is 0 Å². The number of hydrogen-bond acceptors (Lipinski definition) is 7. The second-order valence-corrected chi connectivity index (χ2v) is 8.03. The van der Waals surface area contributed by atoms with Gasteiger partial charge in [-0.15, -0.1) is 0 Å². The van der Waals surface area contributed by atoms with Crippen molar-refractivity contribution >= 4 is 17.7 Å². The molecule has 0 saturated carbocycles. The van der Waals surface area contributed by atoms with Gasteiger partial charge in [0.25, 0.3) is 0 Å². The zero-order valence-electron chi connectivity index (χ0n) is 17.2. The maximum atomic E-state index is 13.1. The minimum absolute atomic E-state index is 0.00929. The molecule has 0 fully saturated rings. The van der Waals surface area contributed by atoms with Crippen LogP contribution in [0.5, 0.6) is 5.75 Å². The lowest BCUT2D eigenvalue weighted by Crippen LogP contribution is -2.36. The summed E-state index contributed by atoms with van der Waals surface area (Å²) in [6.45, 7) is 5.12. The molecule has 30 heavy (non-hydrogen) atoms. The molecule has 1 atom stereocenters. The lowest BCUT2D eigenvalue weighted by atomic mass is 9.70. The number of Topliss-reactive ketones (excluding diaryl/α,β-unsaturated/α-hetero) is 1. The number of carboxylic acid groups (broad SMARTS) is 1. The highest BCUT2D eigenvalue weighted by molar-refractivity contribution is 6.03. The highest BCUT2D eigenvalue weighted by Crippen LogP contribution is 2.49. The van der Waals surface area contributed by atoms with Gasteiger partial charge in [-0.3, -0.25) is 4.79 Å². The predicted octanol–water partition coefficient (Wildman–Crippen LogP) is 2.64. The third-order valence-electron chi connectivity index (χ3n) is 5.03. The minimum atomic E-state index is -1.15. The Labute approximate surface area is 174 Å². The van der Waals surface area contributed by atoms with Crippen molar-refractivity contribution in [2.45, 2.75) is 39.5 Å². The summed E-state index contributed by atoms with van der Waals surface area (Å²) in [5, 5.41) is 9.00. The van der Waals surface area contributed by atoms with Gasteiger partial charge in [0.05, 0.1) is 12.5 Å². The fourth-order valence-electron chi connectivity index (χ4n) is 3.89. The summed E-state index contributed by atoms with van der Waals surface area (Å²) in [7, 11) is 0. The van der Waals surface area contributed by atoms with Crippen LogP contribution in [0.25, 0.3) is 0 Å². The maximum Gasteiger partial charge on any atom is 0.341 e. The number of para-hydroxylation sites is 1. The zero-order chi connectivity index (χ0) is 22.1. The number of nitrogens with two attached hydrogens (primary N) is 1. The topological polar surface area (TPSA) is 125 Å². The van der Waals surface area contributed by atoms with Crippen LogP contribution in [0.2, 0.25) is 0 Å². The normalized spacial score (nSPS) is 20.4. The number of carbonyl (C=O) groups excluding carboxylic acids is 2. The van der Waals surface area contributed by atoms with Gasteiger partial charge in [-0.25, -0.2) is 9.59 Å². The van der Waals surface area contributed by atoms with E-state index in [-0.39, 0.29) is 41.4 Å². The number of benzene rings is 1. The molecule has 0 saturated heterocycles. The van der Waals surface area contributed by atoms with E-state index in [4.69, 9.17) is 25.1 Å². The first-order valence-electron chi connectivity index (χ1n) is 9.69. The Morgan fingerprint density at radius 2 is 1.97 bits per heavy atom. The van der Waals surface area contributed by atoms with Gasteiger partial charge in [-0.05, 0) is 18.4 Å². The first kappa shape index (κ1) is 21.4. The van der Waals surface area contributed by atoms with Crippen LogP contribution in [0.1, 0.15) is 45.1 Å². The maximum absolute atomic E-state index is 13.1. The minimum Gasteiger partial charge on any atom is -0.482 e. The Morgan fingerprint density at radius 3 is 2.63 bits per heavy atom. The van der Waals surface area contributed by atoms with Crippen LogP contribution in [0.4, 0.5) is 0 Å². The van der Waals surface area contributed by atoms with E-state index in [9.17, 15) is 14.4 Å². The molecule has 2 aliphatic rings. The lowest BCUT2D eigenvalue weighted by molar-refractivity contribution is -0.140. The Kier molecular flexibility index (Phi) is 5.87. The van der Waals surface area contributed by atoms with Crippen molar-refractivity contribution in [2.24, 2.45) is 11.1 Å². The number of allylic oxidation sites excluding steroid dienone is 2. The number of carboxylic acids is 1. The molecule has 3 rings (SSSR count). The fourth-order valence-corrected chi connectivity index (χ4v) is 3.89. The first-order chi connectivity index (χ1) is 14.1. The number of esters is 1. The van der Waals surface area contributed by atoms with Crippen molar-refractivity contribution in [3.05, 3.63) is 52.6 Å². The lowest BCUT2D eigenvalue weighted by Gasteiger charge is -2.38. The SMILES string of the molecule is CCOC(=O)C1=C(N)OC2=C(C(=O)CC(C)(C)C2)C1c1ccccc1OCC(=O)O. The molecule has 1 aliphatic heterocycles. The molecule has 1 unspecified atom stereocenters. The number of aliphatic carboxylic acids is 1. The van der Waals surface area contributed by atoms with Gasteiger partial charge in [-0.2, -0.15) is 0 Å². The van der Waals surface area contributed by atoms with Gasteiger partial charge in [0.15, 0.2) is 12.4 Å². The molecule has 160 valence electrons. The number of ketones is 1. The Balaban J connectivity index is 2.18. The van der Waals surface area contributed by atoms with Crippen LogP contribution < -0.4 is 10.5 Å². The van der Waals surface area contributed by atoms with Crippen LogP contribution in [0.3, 0.4) is 0 Å². The highest BCUT2D eigenvalue weighted by Gasteiger charge is 2.45. The average molecular weight is 415 g/mol. The molecule has 0 spiro atoms. The summed E-state index contributed by atoms with van der Waals surface area (Å²) in [4.78, 5) is 36.9. The summed E-state index contributed by atoms with van der Waals surface area (Å²) in [5.74, 6) is -2.35. The summed E-state index contributed by atoms with van der Waals surface area (Å²) in [5.41, 5.74) is 6.60. The van der Waals surface area contributed by atoms with Gasteiger partial charge in [-0.1, -0.05) is 32.0 Å². The van der Waals surface area contributed by atoms with Gasteiger partial charge in [0, 0.05) is 24.0 Å². The van der Waals surface area contributed by atoms with E-state index in [1.54, 1.807) is 31.2 Å². The molecule has 8 nitrogen and oxygen atoms in total. The number of hydrogen-bond donors (Lipinski definition) is 2. The molecule has 8 heteroatoms. The van der Waals surface area contributed by atoms with Gasteiger partial charge in [0.2, 0.25) is 5.88 Å². The third kappa shape index (κ3) is 4.17. The molecule has 3 N–H and O–H groups in total. The molecule has 0 aromatic heterocycles. The van der Waals surface area contributed by atoms with Gasteiger partial charge >= 0.3 is 11.9 Å². The molecule has 1 heterocycles. The van der Waals surface area contributed by atoms with Gasteiger partial charge < -0.3 is 25.1 Å².